The molecular weight excluding hydrogens is 649 g/mol. The van der Waals surface area contributed by atoms with Gasteiger partial charge in [-0.3, -0.25) is 0 Å². The van der Waals surface area contributed by atoms with Gasteiger partial charge in [0.25, 0.3) is 0 Å². The van der Waals surface area contributed by atoms with Crippen LogP contribution in [0.5, 0.6) is 0 Å². The first kappa shape index (κ1) is 29.6. The number of fused-ring (bicyclic) bond motifs is 11. The third-order valence-corrected chi connectivity index (χ3v) is 12.7. The van der Waals surface area contributed by atoms with Crippen LogP contribution >= 0.6 is 0 Å². The summed E-state index contributed by atoms with van der Waals surface area (Å²) in [4.78, 5) is 0. The average Bonchev–Trinajstić information content (AvgIpc) is 3.75. The van der Waals surface area contributed by atoms with Gasteiger partial charge in [-0.25, -0.2) is 0 Å². The van der Waals surface area contributed by atoms with Crippen LogP contribution in [0.25, 0.3) is 109 Å². The number of nitrogens with zero attached hydrogens (tertiary/aromatic N) is 3. The summed E-state index contributed by atoms with van der Waals surface area (Å²) in [6, 6.07) is 40.6. The minimum Gasteiger partial charge on any atom is -0.399 e. The number of benzene rings is 8. The van der Waals surface area contributed by atoms with E-state index in [9.17, 15) is 0 Å². The van der Waals surface area contributed by atoms with Crippen LogP contribution in [-0.2, 0) is 9.31 Å². The van der Waals surface area contributed by atoms with E-state index in [4.69, 9.17) is 9.31 Å². The predicted octanol–water partition coefficient (Wildman–Crippen LogP) is 10.9. The molecule has 0 saturated carbocycles. The molecular formula is C47H32BN3O2. The van der Waals surface area contributed by atoms with E-state index in [1.807, 2.05) is 12.4 Å². The third-order valence-electron chi connectivity index (χ3n) is 12.7. The van der Waals surface area contributed by atoms with Gasteiger partial charge in [0.2, 0.25) is 0 Å². The van der Waals surface area contributed by atoms with Gasteiger partial charge in [0, 0.05) is 11.1 Å². The molecule has 0 radical (unpaired) electrons. The summed E-state index contributed by atoms with van der Waals surface area (Å²) < 4.78 is 13.8. The minimum absolute atomic E-state index is 0.481. The Kier molecular flexibility index (Phi) is 5.55. The smallest absolute Gasteiger partial charge is 0.399 e. The predicted molar refractivity (Wildman–Crippen MR) is 217 cm³/mol. The lowest BCUT2D eigenvalue weighted by atomic mass is 9.70. The maximum atomic E-state index is 6.89. The van der Waals surface area contributed by atoms with E-state index in [0.717, 1.165) is 22.0 Å². The first-order valence-corrected chi connectivity index (χ1v) is 18.4. The largest absolute Gasteiger partial charge is 0.496 e. The molecule has 6 heteroatoms. The molecule has 12 rings (SSSR count). The molecule has 1 saturated heterocycles. The molecule has 8 aromatic carbocycles. The molecule has 0 unspecified atom stereocenters. The molecule has 0 N–H and O–H groups in total. The van der Waals surface area contributed by atoms with Crippen LogP contribution in [-0.4, -0.2) is 33.7 Å². The number of hydrogen-bond acceptors (Lipinski definition) is 5. The molecule has 53 heavy (non-hydrogen) atoms. The molecule has 5 nitrogen and oxygen atoms in total. The SMILES string of the molecule is CC1(C)OB(c2c3c(cc4c2ccc2c5cc6c(c(-c7cnnnc7)c5ccc42)-c2cccc4cccc-6c24)-c2cccc4cccc-3c24)OC1(C)C. The third kappa shape index (κ3) is 3.72. The van der Waals surface area contributed by atoms with Gasteiger partial charge < -0.3 is 9.31 Å². The van der Waals surface area contributed by atoms with E-state index in [0.29, 0.717) is 0 Å². The summed E-state index contributed by atoms with van der Waals surface area (Å²) in [6.07, 6.45) is 3.68. The molecule has 250 valence electrons. The van der Waals surface area contributed by atoms with E-state index in [2.05, 4.69) is 152 Å². The van der Waals surface area contributed by atoms with Crippen LogP contribution in [0.1, 0.15) is 27.7 Å². The zero-order chi connectivity index (χ0) is 35.4. The van der Waals surface area contributed by atoms with Gasteiger partial charge in [-0.15, -0.1) is 10.2 Å². The van der Waals surface area contributed by atoms with Gasteiger partial charge in [0.05, 0.1) is 23.6 Å². The van der Waals surface area contributed by atoms with E-state index >= 15 is 0 Å². The summed E-state index contributed by atoms with van der Waals surface area (Å²) in [7, 11) is -0.527. The van der Waals surface area contributed by atoms with Gasteiger partial charge in [-0.2, -0.15) is 0 Å². The minimum atomic E-state index is -0.527. The molecule has 1 aliphatic heterocycles. The van der Waals surface area contributed by atoms with E-state index < -0.39 is 18.3 Å². The van der Waals surface area contributed by atoms with Crippen LogP contribution in [0.15, 0.2) is 122 Å². The monoisotopic (exact) mass is 681 g/mol. The van der Waals surface area contributed by atoms with Crippen LogP contribution in [0.4, 0.5) is 0 Å². The summed E-state index contributed by atoms with van der Waals surface area (Å²) in [6.45, 7) is 8.55. The Labute approximate surface area is 306 Å². The van der Waals surface area contributed by atoms with Crippen molar-refractivity contribution in [2.45, 2.75) is 38.9 Å². The molecule has 1 aromatic heterocycles. The topological polar surface area (TPSA) is 57.1 Å². The lowest BCUT2D eigenvalue weighted by molar-refractivity contribution is 0.00578. The Balaban J connectivity index is 1.21. The highest BCUT2D eigenvalue weighted by Gasteiger charge is 2.53. The lowest BCUT2D eigenvalue weighted by Gasteiger charge is -2.32. The molecule has 2 aliphatic carbocycles. The molecule has 2 heterocycles. The fourth-order valence-corrected chi connectivity index (χ4v) is 9.61. The summed E-state index contributed by atoms with van der Waals surface area (Å²) >= 11 is 0. The number of hydrogen-bond donors (Lipinski definition) is 0. The van der Waals surface area contributed by atoms with Gasteiger partial charge in [-0.1, -0.05) is 97.1 Å². The quantitative estimate of drug-likeness (QED) is 0.134. The normalized spacial score (nSPS) is 16.0. The van der Waals surface area contributed by atoms with Crippen molar-refractivity contribution < 1.29 is 9.31 Å². The van der Waals surface area contributed by atoms with E-state index in [1.54, 1.807) is 0 Å². The standard InChI is InChI=1S/C47H32BN3O2/c1-46(2)47(3,4)53-48(52-46)45-33-20-18-28-29(37(33)22-39-31-14-6-10-26-12-8-16-35(41(26)31)44(39)45)17-19-32-36(28)21-38-30-13-5-9-25-11-7-15-34(40(25)30)43(38)42(32)27-23-49-51-50-24-27/h5-24H,1-4H3. The molecule has 0 spiro atoms. The van der Waals surface area contributed by atoms with Gasteiger partial charge >= 0.3 is 7.12 Å². The van der Waals surface area contributed by atoms with Crippen molar-refractivity contribution in [2.24, 2.45) is 0 Å². The molecule has 1 fully saturated rings. The highest BCUT2D eigenvalue weighted by atomic mass is 16.7. The summed E-state index contributed by atoms with van der Waals surface area (Å²) in [5, 5.41) is 24.6. The van der Waals surface area contributed by atoms with Crippen LogP contribution in [0.2, 0.25) is 0 Å². The van der Waals surface area contributed by atoms with Crippen molar-refractivity contribution in [3.8, 4) is 55.6 Å². The second-order valence-electron chi connectivity index (χ2n) is 15.8. The fraction of sp³-hybridized carbons (Fsp3) is 0.128. The molecule has 0 amide bonds. The van der Waals surface area contributed by atoms with Crippen LogP contribution < -0.4 is 5.46 Å². The van der Waals surface area contributed by atoms with Gasteiger partial charge in [-0.05, 0) is 149 Å². The summed E-state index contributed by atoms with van der Waals surface area (Å²) in [5.41, 5.74) is 12.2. The van der Waals surface area contributed by atoms with Crippen molar-refractivity contribution in [3.63, 3.8) is 0 Å². The Hall–Kier alpha value is -5.95. The Bertz CT molecular complexity index is 3110. The van der Waals surface area contributed by atoms with Crippen LogP contribution in [0, 0.1) is 0 Å². The lowest BCUT2D eigenvalue weighted by Crippen LogP contribution is -2.41. The summed E-state index contributed by atoms with van der Waals surface area (Å²) in [5.74, 6) is 0. The Morgan fingerprint density at radius 2 is 0.925 bits per heavy atom. The van der Waals surface area contributed by atoms with Crippen molar-refractivity contribution in [3.05, 3.63) is 122 Å². The van der Waals surface area contributed by atoms with E-state index in [1.165, 1.54) is 93.0 Å². The first-order valence-electron chi connectivity index (χ1n) is 18.4. The number of rotatable bonds is 2. The van der Waals surface area contributed by atoms with Crippen molar-refractivity contribution >= 4 is 66.4 Å². The Morgan fingerprint density at radius 1 is 0.453 bits per heavy atom. The molecule has 0 bridgehead atoms. The second kappa shape index (κ2) is 9.92. The second-order valence-corrected chi connectivity index (χ2v) is 15.8. The highest BCUT2D eigenvalue weighted by molar-refractivity contribution is 6.68. The highest BCUT2D eigenvalue weighted by Crippen LogP contribution is 2.55. The van der Waals surface area contributed by atoms with Crippen LogP contribution in [0.3, 0.4) is 0 Å². The Morgan fingerprint density at radius 3 is 1.51 bits per heavy atom. The maximum absolute atomic E-state index is 6.89. The first-order chi connectivity index (χ1) is 25.8. The molecule has 0 atom stereocenters. The molecule has 3 aliphatic rings. The zero-order valence-corrected chi connectivity index (χ0v) is 29.8. The zero-order valence-electron chi connectivity index (χ0n) is 29.8. The number of aromatic nitrogens is 3. The van der Waals surface area contributed by atoms with Gasteiger partial charge in [0.15, 0.2) is 0 Å². The average molecular weight is 682 g/mol. The van der Waals surface area contributed by atoms with Gasteiger partial charge in [0.1, 0.15) is 0 Å². The van der Waals surface area contributed by atoms with Crippen molar-refractivity contribution in [1.29, 1.82) is 0 Å². The fourth-order valence-electron chi connectivity index (χ4n) is 9.61. The van der Waals surface area contributed by atoms with Crippen molar-refractivity contribution in [2.75, 3.05) is 0 Å². The molecule has 9 aromatic rings. The van der Waals surface area contributed by atoms with E-state index in [-0.39, 0.29) is 0 Å². The van der Waals surface area contributed by atoms with Crippen molar-refractivity contribution in [1.82, 2.24) is 15.4 Å². The maximum Gasteiger partial charge on any atom is 0.496 e.